The van der Waals surface area contributed by atoms with E-state index in [0.29, 0.717) is 36.2 Å². The van der Waals surface area contributed by atoms with Crippen LogP contribution in [0, 0.1) is 19.3 Å². The van der Waals surface area contributed by atoms with Crippen LogP contribution in [0.5, 0.6) is 0 Å². The summed E-state index contributed by atoms with van der Waals surface area (Å²) >= 11 is 0. The Labute approximate surface area is 177 Å². The number of piperidine rings is 2. The minimum atomic E-state index is -0.302. The normalized spacial score (nSPS) is 25.6. The van der Waals surface area contributed by atoms with Crippen LogP contribution in [0.25, 0.3) is 0 Å². The molecule has 0 saturated carbocycles. The average molecular weight is 419 g/mol. The minimum absolute atomic E-state index is 0.0123. The SMILES string of the molecule is Cc1nc(C)c(CC(=O)N2CCC3(CC2)CC(O)CN(C2CCOCC2)C3)c(=O)[nH]1. The Morgan fingerprint density at radius 2 is 1.97 bits per heavy atom. The number of aliphatic hydroxyl groups excluding tert-OH is 1. The van der Waals surface area contributed by atoms with Gasteiger partial charge in [-0.3, -0.25) is 14.5 Å². The number of β-amino-alcohol motifs (C(OH)–C–C–N with tert-alkyl or cyclic N) is 1. The second-order valence-electron chi connectivity index (χ2n) is 9.40. The smallest absolute Gasteiger partial charge is 0.254 e. The van der Waals surface area contributed by atoms with Crippen LogP contribution >= 0.6 is 0 Å². The van der Waals surface area contributed by atoms with Crippen LogP contribution in [0.15, 0.2) is 4.79 Å². The number of carbonyl (C=O) groups excluding carboxylic acids is 1. The number of ether oxygens (including phenoxy) is 1. The fourth-order valence-corrected chi connectivity index (χ4v) is 5.54. The van der Waals surface area contributed by atoms with Crippen molar-refractivity contribution in [3.63, 3.8) is 0 Å². The summed E-state index contributed by atoms with van der Waals surface area (Å²) in [5.74, 6) is 0.556. The van der Waals surface area contributed by atoms with Gasteiger partial charge >= 0.3 is 0 Å². The van der Waals surface area contributed by atoms with Gasteiger partial charge in [-0.2, -0.15) is 0 Å². The van der Waals surface area contributed by atoms with Crippen molar-refractivity contribution in [3.05, 3.63) is 27.4 Å². The maximum atomic E-state index is 12.9. The van der Waals surface area contributed by atoms with E-state index in [1.54, 1.807) is 13.8 Å². The van der Waals surface area contributed by atoms with Crippen molar-refractivity contribution in [2.45, 2.75) is 64.5 Å². The molecule has 8 heteroatoms. The summed E-state index contributed by atoms with van der Waals surface area (Å²) in [5, 5.41) is 10.6. The lowest BCUT2D eigenvalue weighted by atomic mass is 9.71. The highest BCUT2D eigenvalue weighted by molar-refractivity contribution is 5.79. The van der Waals surface area contributed by atoms with Gasteiger partial charge in [0.05, 0.1) is 12.5 Å². The summed E-state index contributed by atoms with van der Waals surface area (Å²) in [4.78, 5) is 36.4. The Balaban J connectivity index is 1.38. The van der Waals surface area contributed by atoms with E-state index >= 15 is 0 Å². The number of hydrogen-bond acceptors (Lipinski definition) is 6. The zero-order valence-corrected chi connectivity index (χ0v) is 18.2. The van der Waals surface area contributed by atoms with Gasteiger partial charge in [-0.05, 0) is 51.4 Å². The second-order valence-corrected chi connectivity index (χ2v) is 9.40. The molecule has 3 fully saturated rings. The van der Waals surface area contributed by atoms with Crippen molar-refractivity contribution in [3.8, 4) is 0 Å². The molecule has 4 rings (SSSR count). The van der Waals surface area contributed by atoms with Gasteiger partial charge in [0.15, 0.2) is 0 Å². The molecule has 1 aromatic heterocycles. The quantitative estimate of drug-likeness (QED) is 0.753. The molecule has 4 heterocycles. The zero-order chi connectivity index (χ0) is 21.3. The van der Waals surface area contributed by atoms with Gasteiger partial charge < -0.3 is 19.7 Å². The van der Waals surface area contributed by atoms with E-state index in [-0.39, 0.29) is 29.4 Å². The molecule has 1 amide bonds. The van der Waals surface area contributed by atoms with Gasteiger partial charge in [0.25, 0.3) is 5.56 Å². The van der Waals surface area contributed by atoms with Crippen molar-refractivity contribution in [2.24, 2.45) is 5.41 Å². The van der Waals surface area contributed by atoms with E-state index < -0.39 is 0 Å². The molecule has 8 nitrogen and oxygen atoms in total. The van der Waals surface area contributed by atoms with Crippen LogP contribution < -0.4 is 5.56 Å². The minimum Gasteiger partial charge on any atom is -0.392 e. The zero-order valence-electron chi connectivity index (χ0n) is 18.2. The Morgan fingerprint density at radius 1 is 1.27 bits per heavy atom. The van der Waals surface area contributed by atoms with Crippen LogP contribution in [0.1, 0.15) is 49.2 Å². The molecule has 1 spiro atoms. The molecule has 0 aliphatic carbocycles. The number of likely N-dealkylation sites (tertiary alicyclic amines) is 2. The third-order valence-electron chi connectivity index (χ3n) is 7.21. The molecular weight excluding hydrogens is 384 g/mol. The van der Waals surface area contributed by atoms with Gasteiger partial charge in [-0.25, -0.2) is 4.98 Å². The van der Waals surface area contributed by atoms with Gasteiger partial charge in [0.1, 0.15) is 5.82 Å². The lowest BCUT2D eigenvalue weighted by molar-refractivity contribution is -0.135. The number of aromatic amines is 1. The molecule has 1 aromatic rings. The number of H-pyrrole nitrogens is 1. The van der Waals surface area contributed by atoms with Crippen molar-refractivity contribution >= 4 is 5.91 Å². The van der Waals surface area contributed by atoms with E-state index in [9.17, 15) is 14.7 Å². The van der Waals surface area contributed by atoms with Gasteiger partial charge in [0.2, 0.25) is 5.91 Å². The molecule has 3 saturated heterocycles. The maximum absolute atomic E-state index is 12.9. The Morgan fingerprint density at radius 3 is 2.63 bits per heavy atom. The van der Waals surface area contributed by atoms with Crippen molar-refractivity contribution < 1.29 is 14.6 Å². The number of hydrogen-bond donors (Lipinski definition) is 2. The fraction of sp³-hybridized carbons (Fsp3) is 0.773. The summed E-state index contributed by atoms with van der Waals surface area (Å²) in [7, 11) is 0. The summed E-state index contributed by atoms with van der Waals surface area (Å²) in [6.45, 7) is 8.25. The average Bonchev–Trinajstić information content (AvgIpc) is 2.71. The highest BCUT2D eigenvalue weighted by Gasteiger charge is 2.43. The second kappa shape index (κ2) is 8.77. The molecule has 30 heavy (non-hydrogen) atoms. The number of nitrogens with zero attached hydrogens (tertiary/aromatic N) is 3. The lowest BCUT2D eigenvalue weighted by Crippen LogP contribution is -2.57. The lowest BCUT2D eigenvalue weighted by Gasteiger charge is -2.51. The highest BCUT2D eigenvalue weighted by Crippen LogP contribution is 2.41. The molecule has 166 valence electrons. The number of carbonyl (C=O) groups is 1. The van der Waals surface area contributed by atoms with Gasteiger partial charge in [-0.15, -0.1) is 0 Å². The number of rotatable bonds is 3. The highest BCUT2D eigenvalue weighted by atomic mass is 16.5. The van der Waals surface area contributed by atoms with E-state index in [1.165, 1.54) is 0 Å². The summed E-state index contributed by atoms with van der Waals surface area (Å²) in [5.41, 5.74) is 0.945. The van der Waals surface area contributed by atoms with Crippen LogP contribution in [-0.4, -0.2) is 82.3 Å². The topological polar surface area (TPSA) is 98.8 Å². The first kappa shape index (κ1) is 21.5. The summed E-state index contributed by atoms with van der Waals surface area (Å²) in [6.07, 6.45) is 4.48. The third-order valence-corrected chi connectivity index (χ3v) is 7.21. The van der Waals surface area contributed by atoms with E-state index in [0.717, 1.165) is 58.4 Å². The molecule has 0 bridgehead atoms. The predicted molar refractivity (Wildman–Crippen MR) is 112 cm³/mol. The van der Waals surface area contributed by atoms with Gasteiger partial charge in [-0.1, -0.05) is 0 Å². The Kier molecular flexibility index (Phi) is 6.27. The first-order chi connectivity index (χ1) is 14.3. The van der Waals surface area contributed by atoms with Crippen LogP contribution in [-0.2, 0) is 16.0 Å². The Bertz CT molecular complexity index is 825. The predicted octanol–water partition coefficient (Wildman–Crippen LogP) is 0.784. The molecule has 2 N–H and O–H groups in total. The Hall–Kier alpha value is -1.77. The summed E-state index contributed by atoms with van der Waals surface area (Å²) < 4.78 is 5.50. The van der Waals surface area contributed by atoms with Crippen molar-refractivity contribution in [2.75, 3.05) is 39.4 Å². The fourth-order valence-electron chi connectivity index (χ4n) is 5.54. The number of aliphatic hydroxyl groups is 1. The number of amides is 1. The molecule has 1 unspecified atom stereocenters. The number of aromatic nitrogens is 2. The standard InChI is InChI=1S/C22H34N4O4/c1-15-19(21(29)24-16(2)23-15)11-20(28)25-7-5-22(6-8-25)12-18(27)13-26(14-22)17-3-9-30-10-4-17/h17-18,27H,3-14H2,1-2H3,(H,23,24,29). The van der Waals surface area contributed by atoms with Crippen molar-refractivity contribution in [1.82, 2.24) is 19.8 Å². The number of aryl methyl sites for hydroxylation is 2. The van der Waals surface area contributed by atoms with E-state index in [2.05, 4.69) is 14.9 Å². The monoisotopic (exact) mass is 418 g/mol. The van der Waals surface area contributed by atoms with E-state index in [1.807, 2.05) is 4.90 Å². The van der Waals surface area contributed by atoms with Gasteiger partial charge in [0, 0.05) is 56.7 Å². The van der Waals surface area contributed by atoms with Crippen molar-refractivity contribution in [1.29, 1.82) is 0 Å². The van der Waals surface area contributed by atoms with Crippen LogP contribution in [0.2, 0.25) is 0 Å². The molecule has 3 aliphatic heterocycles. The molecule has 3 aliphatic rings. The van der Waals surface area contributed by atoms with E-state index in [4.69, 9.17) is 4.74 Å². The number of nitrogens with one attached hydrogen (secondary N) is 1. The summed E-state index contributed by atoms with van der Waals surface area (Å²) in [6, 6.07) is 0.494. The third kappa shape index (κ3) is 4.60. The molecule has 1 atom stereocenters. The first-order valence-electron chi connectivity index (χ1n) is 11.2. The molecule has 0 radical (unpaired) electrons. The molecule has 0 aromatic carbocycles. The van der Waals surface area contributed by atoms with Crippen LogP contribution in [0.4, 0.5) is 0 Å². The van der Waals surface area contributed by atoms with Crippen LogP contribution in [0.3, 0.4) is 0 Å². The molecular formula is C22H34N4O4. The first-order valence-corrected chi connectivity index (χ1v) is 11.2. The largest absolute Gasteiger partial charge is 0.392 e. The maximum Gasteiger partial charge on any atom is 0.254 e.